The Balaban J connectivity index is 1.60. The van der Waals surface area contributed by atoms with Crippen LogP contribution in [0.5, 0.6) is 0 Å². The van der Waals surface area contributed by atoms with Gasteiger partial charge in [0.2, 0.25) is 0 Å². The largest absolute Gasteiger partial charge is 0.388 e. The minimum absolute atomic E-state index is 0.192. The zero-order valence-corrected chi connectivity index (χ0v) is 24.5. The maximum atomic E-state index is 11.3. The quantitative estimate of drug-likeness (QED) is 0.128. The fraction of sp³-hybridized carbons (Fsp3) is 0.500. The van der Waals surface area contributed by atoms with Crippen molar-refractivity contribution >= 4 is 0 Å². The van der Waals surface area contributed by atoms with Crippen LogP contribution in [0, 0.1) is 0 Å². The third-order valence-electron chi connectivity index (χ3n) is 7.33. The van der Waals surface area contributed by atoms with Gasteiger partial charge in [0.05, 0.1) is 32.5 Å². The summed E-state index contributed by atoms with van der Waals surface area (Å²) in [6.45, 7) is 3.82. The lowest BCUT2D eigenvalue weighted by Gasteiger charge is -2.31. The predicted molar refractivity (Wildman–Crippen MR) is 164 cm³/mol. The molecule has 0 saturated carbocycles. The molecule has 0 amide bonds. The Morgan fingerprint density at radius 1 is 0.550 bits per heavy atom. The van der Waals surface area contributed by atoms with Gasteiger partial charge in [-0.15, -0.1) is 0 Å². The first-order valence-corrected chi connectivity index (χ1v) is 15.4. The summed E-state index contributed by atoms with van der Waals surface area (Å²) in [4.78, 5) is 0. The van der Waals surface area contributed by atoms with Crippen LogP contribution in [0.25, 0.3) is 0 Å². The van der Waals surface area contributed by atoms with E-state index in [9.17, 15) is 5.11 Å². The molecule has 4 nitrogen and oxygen atoms in total. The third-order valence-corrected chi connectivity index (χ3v) is 7.33. The van der Waals surface area contributed by atoms with E-state index < -0.39 is 12.2 Å². The molecular weight excluding hydrogens is 496 g/mol. The molecule has 0 aliphatic rings. The molecule has 0 spiro atoms. The van der Waals surface area contributed by atoms with Crippen LogP contribution < -0.4 is 0 Å². The number of rotatable bonds is 22. The van der Waals surface area contributed by atoms with Crippen molar-refractivity contribution in [2.45, 2.75) is 109 Å². The van der Waals surface area contributed by atoms with E-state index in [1.54, 1.807) is 0 Å². The van der Waals surface area contributed by atoms with Gasteiger partial charge in [-0.25, -0.2) is 0 Å². The first-order valence-electron chi connectivity index (χ1n) is 15.4. The molecule has 3 atom stereocenters. The lowest BCUT2D eigenvalue weighted by molar-refractivity contribution is -0.149. The van der Waals surface area contributed by atoms with Crippen LogP contribution in [-0.4, -0.2) is 30.0 Å². The molecule has 0 unspecified atom stereocenters. The van der Waals surface area contributed by atoms with Gasteiger partial charge in [-0.3, -0.25) is 0 Å². The molecule has 0 aromatic heterocycles. The van der Waals surface area contributed by atoms with Gasteiger partial charge >= 0.3 is 0 Å². The standard InChI is InChI=1S/C36H50O4/c1-2-3-4-5-6-7-8-9-19-26-35(39-28-32-22-15-11-16-23-32)36(40-29-33-24-17-12-18-25-33)34(37)30-38-27-31-20-13-10-14-21-31/h10-18,20-25,34-37H,2-9,19,26-30H2,1H3/t34-,35-,36+/m1/s1. The zero-order valence-electron chi connectivity index (χ0n) is 24.5. The van der Waals surface area contributed by atoms with Crippen molar-refractivity contribution in [2.75, 3.05) is 6.61 Å². The number of hydrogen-bond acceptors (Lipinski definition) is 4. The summed E-state index contributed by atoms with van der Waals surface area (Å²) in [5.41, 5.74) is 3.29. The number of ether oxygens (including phenoxy) is 3. The van der Waals surface area contributed by atoms with Gasteiger partial charge in [0.1, 0.15) is 12.2 Å². The molecule has 0 bridgehead atoms. The van der Waals surface area contributed by atoms with Crippen molar-refractivity contribution in [3.8, 4) is 0 Å². The Hall–Kier alpha value is -2.50. The minimum Gasteiger partial charge on any atom is -0.388 e. The fourth-order valence-corrected chi connectivity index (χ4v) is 4.98. The van der Waals surface area contributed by atoms with Crippen LogP contribution in [0.4, 0.5) is 0 Å². The monoisotopic (exact) mass is 546 g/mol. The maximum Gasteiger partial charge on any atom is 0.112 e. The highest BCUT2D eigenvalue weighted by Crippen LogP contribution is 2.21. The SMILES string of the molecule is CCCCCCCCCCC[C@@H](OCc1ccccc1)[C@@H](OCc1ccccc1)[C@H](O)COCc1ccccc1. The highest BCUT2D eigenvalue weighted by molar-refractivity contribution is 5.15. The summed E-state index contributed by atoms with van der Waals surface area (Å²) in [7, 11) is 0. The normalized spacial score (nSPS) is 13.7. The average molecular weight is 547 g/mol. The van der Waals surface area contributed by atoms with Crippen LogP contribution in [-0.2, 0) is 34.0 Å². The highest BCUT2D eigenvalue weighted by atomic mass is 16.6. The van der Waals surface area contributed by atoms with Crippen LogP contribution in [0.15, 0.2) is 91.0 Å². The molecule has 0 aliphatic carbocycles. The van der Waals surface area contributed by atoms with Crippen molar-refractivity contribution in [1.29, 1.82) is 0 Å². The minimum atomic E-state index is -0.799. The van der Waals surface area contributed by atoms with Gasteiger partial charge in [-0.05, 0) is 23.1 Å². The molecule has 0 heterocycles. The second-order valence-corrected chi connectivity index (χ2v) is 10.8. The molecule has 3 rings (SSSR count). The van der Waals surface area contributed by atoms with E-state index in [0.29, 0.717) is 19.8 Å². The second-order valence-electron chi connectivity index (χ2n) is 10.8. The molecule has 1 N–H and O–H groups in total. The summed E-state index contributed by atoms with van der Waals surface area (Å²) < 4.78 is 18.9. The van der Waals surface area contributed by atoms with Crippen LogP contribution in [0.1, 0.15) is 87.8 Å². The number of aliphatic hydroxyl groups is 1. The molecule has 0 fully saturated rings. The van der Waals surface area contributed by atoms with Gasteiger partial charge < -0.3 is 19.3 Å². The molecule has 40 heavy (non-hydrogen) atoms. The fourth-order valence-electron chi connectivity index (χ4n) is 4.98. The average Bonchev–Trinajstić information content (AvgIpc) is 3.00. The highest BCUT2D eigenvalue weighted by Gasteiger charge is 2.30. The number of benzene rings is 3. The van der Waals surface area contributed by atoms with Gasteiger partial charge in [0.15, 0.2) is 0 Å². The van der Waals surface area contributed by atoms with Crippen LogP contribution >= 0.6 is 0 Å². The second kappa shape index (κ2) is 20.4. The first kappa shape index (κ1) is 32.0. The summed E-state index contributed by atoms with van der Waals surface area (Å²) in [5.74, 6) is 0. The molecule has 218 valence electrons. The lowest BCUT2D eigenvalue weighted by atomic mass is 10.00. The van der Waals surface area contributed by atoms with Gasteiger partial charge in [-0.1, -0.05) is 156 Å². The van der Waals surface area contributed by atoms with E-state index in [0.717, 1.165) is 29.5 Å². The Bertz CT molecular complexity index is 979. The Morgan fingerprint density at radius 3 is 1.52 bits per heavy atom. The number of unbranched alkanes of at least 4 members (excludes halogenated alkanes) is 8. The van der Waals surface area contributed by atoms with E-state index in [4.69, 9.17) is 14.2 Å². The van der Waals surface area contributed by atoms with Crippen molar-refractivity contribution < 1.29 is 19.3 Å². The van der Waals surface area contributed by atoms with E-state index in [2.05, 4.69) is 31.2 Å². The molecule has 3 aromatic carbocycles. The van der Waals surface area contributed by atoms with Crippen molar-refractivity contribution in [3.05, 3.63) is 108 Å². The predicted octanol–water partition coefficient (Wildman–Crippen LogP) is 8.66. The van der Waals surface area contributed by atoms with Crippen LogP contribution in [0.3, 0.4) is 0 Å². The first-order chi connectivity index (χ1) is 19.8. The summed E-state index contributed by atoms with van der Waals surface area (Å²) in [6, 6.07) is 30.4. The molecular formula is C36H50O4. The van der Waals surface area contributed by atoms with Crippen molar-refractivity contribution in [2.24, 2.45) is 0 Å². The third kappa shape index (κ3) is 13.2. The van der Waals surface area contributed by atoms with Gasteiger partial charge in [-0.2, -0.15) is 0 Å². The summed E-state index contributed by atoms with van der Waals surface area (Å²) in [6.07, 6.45) is 10.8. The molecule has 4 heteroatoms. The maximum absolute atomic E-state index is 11.3. The van der Waals surface area contributed by atoms with E-state index in [1.165, 1.54) is 51.4 Å². The topological polar surface area (TPSA) is 47.9 Å². The number of hydrogen-bond donors (Lipinski definition) is 1. The van der Waals surface area contributed by atoms with Crippen molar-refractivity contribution in [1.82, 2.24) is 0 Å². The Kier molecular flexibility index (Phi) is 16.3. The van der Waals surface area contributed by atoms with E-state index >= 15 is 0 Å². The molecule has 0 aliphatic heterocycles. The van der Waals surface area contributed by atoms with E-state index in [1.807, 2.05) is 66.7 Å². The van der Waals surface area contributed by atoms with Gasteiger partial charge in [0.25, 0.3) is 0 Å². The molecule has 0 saturated heterocycles. The van der Waals surface area contributed by atoms with Crippen molar-refractivity contribution in [3.63, 3.8) is 0 Å². The Morgan fingerprint density at radius 2 is 1.00 bits per heavy atom. The lowest BCUT2D eigenvalue weighted by Crippen LogP contribution is -2.43. The molecule has 3 aromatic rings. The summed E-state index contributed by atoms with van der Waals surface area (Å²) in [5, 5.41) is 11.3. The molecule has 0 radical (unpaired) electrons. The van der Waals surface area contributed by atoms with Gasteiger partial charge in [0, 0.05) is 0 Å². The zero-order chi connectivity index (χ0) is 28.1. The summed E-state index contributed by atoms with van der Waals surface area (Å²) >= 11 is 0. The smallest absolute Gasteiger partial charge is 0.112 e. The number of aliphatic hydroxyl groups excluding tert-OH is 1. The van der Waals surface area contributed by atoms with E-state index in [-0.39, 0.29) is 12.7 Å². The Labute approximate surface area is 242 Å². The van der Waals surface area contributed by atoms with Crippen LogP contribution in [0.2, 0.25) is 0 Å².